The minimum absolute atomic E-state index is 0.00793. The van der Waals surface area contributed by atoms with Crippen LogP contribution in [0.1, 0.15) is 27.0 Å². The summed E-state index contributed by atoms with van der Waals surface area (Å²) in [5, 5.41) is 12.5. The van der Waals surface area contributed by atoms with Crippen LogP contribution in [-0.4, -0.2) is 18.7 Å². The summed E-state index contributed by atoms with van der Waals surface area (Å²) < 4.78 is 5.19. The molecular formula is C24H21N3O2S. The zero-order chi connectivity index (χ0) is 21.0. The number of benzene rings is 3. The summed E-state index contributed by atoms with van der Waals surface area (Å²) in [5.41, 5.74) is 6.38. The van der Waals surface area contributed by atoms with Gasteiger partial charge in [-0.2, -0.15) is 22.1 Å². The fourth-order valence-electron chi connectivity index (χ4n) is 2.61. The first-order valence-electron chi connectivity index (χ1n) is 9.38. The van der Waals surface area contributed by atoms with E-state index in [0.717, 1.165) is 17.1 Å². The lowest BCUT2D eigenvalue weighted by Gasteiger charge is -2.04. The summed E-state index contributed by atoms with van der Waals surface area (Å²) in [7, 11) is 0. The van der Waals surface area contributed by atoms with E-state index in [4.69, 9.17) is 10.00 Å². The normalized spacial score (nSPS) is 10.5. The van der Waals surface area contributed by atoms with Crippen LogP contribution in [0.15, 0.2) is 84.0 Å². The second-order valence-electron chi connectivity index (χ2n) is 6.39. The maximum Gasteiger partial charge on any atom is 0.271 e. The molecule has 0 aliphatic rings. The van der Waals surface area contributed by atoms with Crippen LogP contribution in [0.4, 0.5) is 0 Å². The number of carbonyl (C=O) groups excluding carboxylic acids is 1. The molecule has 0 saturated heterocycles. The summed E-state index contributed by atoms with van der Waals surface area (Å²) in [6, 6.07) is 26.9. The molecule has 1 amide bonds. The van der Waals surface area contributed by atoms with E-state index >= 15 is 0 Å². The van der Waals surface area contributed by atoms with Gasteiger partial charge >= 0.3 is 0 Å². The number of carbonyl (C=O) groups is 1. The summed E-state index contributed by atoms with van der Waals surface area (Å²) >= 11 is 1.84. The van der Waals surface area contributed by atoms with Crippen molar-refractivity contribution >= 4 is 23.9 Å². The van der Waals surface area contributed by atoms with Crippen LogP contribution in [0.2, 0.25) is 0 Å². The van der Waals surface area contributed by atoms with Crippen molar-refractivity contribution in [2.24, 2.45) is 5.10 Å². The lowest BCUT2D eigenvalue weighted by Crippen LogP contribution is -2.17. The number of hydrogen-bond acceptors (Lipinski definition) is 5. The number of nitrogens with zero attached hydrogens (tertiary/aromatic N) is 2. The Labute approximate surface area is 180 Å². The zero-order valence-electron chi connectivity index (χ0n) is 16.3. The van der Waals surface area contributed by atoms with Gasteiger partial charge in [0.05, 0.1) is 6.21 Å². The van der Waals surface area contributed by atoms with Crippen LogP contribution < -0.4 is 10.2 Å². The Kier molecular flexibility index (Phi) is 8.07. The van der Waals surface area contributed by atoms with E-state index in [0.29, 0.717) is 11.3 Å². The van der Waals surface area contributed by atoms with Crippen molar-refractivity contribution in [3.63, 3.8) is 0 Å². The number of thioether (sulfide) groups is 1. The first kappa shape index (κ1) is 21.2. The van der Waals surface area contributed by atoms with Gasteiger partial charge < -0.3 is 4.74 Å². The first-order valence-corrected chi connectivity index (χ1v) is 10.5. The van der Waals surface area contributed by atoms with Crippen LogP contribution in [-0.2, 0) is 11.5 Å². The zero-order valence-corrected chi connectivity index (χ0v) is 17.1. The molecule has 0 radical (unpaired) electrons. The van der Waals surface area contributed by atoms with Crippen LogP contribution in [0.25, 0.3) is 0 Å². The number of rotatable bonds is 9. The fraction of sp³-hybridized carbons (Fsp3) is 0.125. The minimum Gasteiger partial charge on any atom is -0.479 e. The molecule has 3 rings (SSSR count). The highest BCUT2D eigenvalue weighted by Crippen LogP contribution is 2.18. The SMILES string of the molecule is N#CCOc1ccc(/C=N\NC(=O)c2ccc(CSCc3ccccc3)cc2)cc1. The summed E-state index contributed by atoms with van der Waals surface area (Å²) in [6.45, 7) is 0.00793. The minimum atomic E-state index is -0.260. The van der Waals surface area contributed by atoms with Crippen molar-refractivity contribution in [3.8, 4) is 11.8 Å². The quantitative estimate of drug-likeness (QED) is 0.403. The topological polar surface area (TPSA) is 74.5 Å². The highest BCUT2D eigenvalue weighted by molar-refractivity contribution is 7.97. The van der Waals surface area contributed by atoms with Gasteiger partial charge in [-0.1, -0.05) is 42.5 Å². The molecule has 0 aromatic heterocycles. The molecule has 5 nitrogen and oxygen atoms in total. The van der Waals surface area contributed by atoms with Crippen molar-refractivity contribution in [2.45, 2.75) is 11.5 Å². The second kappa shape index (κ2) is 11.4. The van der Waals surface area contributed by atoms with E-state index in [1.807, 2.05) is 60.3 Å². The molecular weight excluding hydrogens is 394 g/mol. The summed E-state index contributed by atoms with van der Waals surface area (Å²) in [4.78, 5) is 12.2. The molecule has 30 heavy (non-hydrogen) atoms. The van der Waals surface area contributed by atoms with Crippen molar-refractivity contribution in [1.82, 2.24) is 5.43 Å². The van der Waals surface area contributed by atoms with Crippen LogP contribution >= 0.6 is 11.8 Å². The van der Waals surface area contributed by atoms with E-state index in [2.05, 4.69) is 22.7 Å². The molecule has 0 bridgehead atoms. The Morgan fingerprint density at radius 2 is 1.63 bits per heavy atom. The molecule has 150 valence electrons. The van der Waals surface area contributed by atoms with E-state index in [9.17, 15) is 4.79 Å². The molecule has 6 heteroatoms. The summed E-state index contributed by atoms with van der Waals surface area (Å²) in [5.74, 6) is 2.20. The van der Waals surface area contributed by atoms with Gasteiger partial charge in [0.2, 0.25) is 0 Å². The first-order chi connectivity index (χ1) is 14.7. The number of ether oxygens (including phenoxy) is 1. The van der Waals surface area contributed by atoms with Gasteiger partial charge in [-0.15, -0.1) is 0 Å². The molecule has 0 spiro atoms. The number of nitriles is 1. The second-order valence-corrected chi connectivity index (χ2v) is 7.38. The van der Waals surface area contributed by atoms with Crippen LogP contribution in [0, 0.1) is 11.3 Å². The van der Waals surface area contributed by atoms with Gasteiger partial charge in [-0.05, 0) is 53.1 Å². The average Bonchev–Trinajstić information content (AvgIpc) is 2.79. The fourth-order valence-corrected chi connectivity index (χ4v) is 3.57. The van der Waals surface area contributed by atoms with Crippen LogP contribution in [0.3, 0.4) is 0 Å². The van der Waals surface area contributed by atoms with E-state index in [1.54, 1.807) is 30.5 Å². The van der Waals surface area contributed by atoms with Gasteiger partial charge in [-0.3, -0.25) is 4.79 Å². The van der Waals surface area contributed by atoms with E-state index in [1.165, 1.54) is 11.1 Å². The molecule has 0 saturated carbocycles. The number of amides is 1. The van der Waals surface area contributed by atoms with Gasteiger partial charge in [-0.25, -0.2) is 5.43 Å². The van der Waals surface area contributed by atoms with Gasteiger partial charge in [0, 0.05) is 17.1 Å². The Hall–Kier alpha value is -3.56. The Bertz CT molecular complexity index is 1010. The highest BCUT2D eigenvalue weighted by Gasteiger charge is 2.04. The largest absolute Gasteiger partial charge is 0.479 e. The molecule has 3 aromatic rings. The highest BCUT2D eigenvalue weighted by atomic mass is 32.2. The van der Waals surface area contributed by atoms with Crippen molar-refractivity contribution in [1.29, 1.82) is 5.26 Å². The average molecular weight is 416 g/mol. The van der Waals surface area contributed by atoms with Crippen molar-refractivity contribution in [3.05, 3.63) is 101 Å². The third kappa shape index (κ3) is 6.80. The Morgan fingerprint density at radius 3 is 2.30 bits per heavy atom. The monoisotopic (exact) mass is 415 g/mol. The predicted octanol–water partition coefficient (Wildman–Crippen LogP) is 4.79. The van der Waals surface area contributed by atoms with E-state index in [-0.39, 0.29) is 12.5 Å². The van der Waals surface area contributed by atoms with Gasteiger partial charge in [0.1, 0.15) is 11.8 Å². The van der Waals surface area contributed by atoms with E-state index < -0.39 is 0 Å². The number of nitrogens with one attached hydrogen (secondary N) is 1. The third-order valence-electron chi connectivity index (χ3n) is 4.16. The van der Waals surface area contributed by atoms with Crippen molar-refractivity contribution < 1.29 is 9.53 Å². The van der Waals surface area contributed by atoms with Gasteiger partial charge in [0.25, 0.3) is 5.91 Å². The smallest absolute Gasteiger partial charge is 0.271 e. The molecule has 0 fully saturated rings. The maximum atomic E-state index is 12.2. The predicted molar refractivity (Wildman–Crippen MR) is 120 cm³/mol. The summed E-state index contributed by atoms with van der Waals surface area (Å²) in [6.07, 6.45) is 1.56. The lowest BCUT2D eigenvalue weighted by atomic mass is 10.1. The number of hydrazone groups is 1. The molecule has 0 aliphatic heterocycles. The van der Waals surface area contributed by atoms with Crippen molar-refractivity contribution in [2.75, 3.05) is 6.61 Å². The van der Waals surface area contributed by atoms with Crippen LogP contribution in [0.5, 0.6) is 5.75 Å². The van der Waals surface area contributed by atoms with Gasteiger partial charge in [0.15, 0.2) is 6.61 Å². The molecule has 1 N–H and O–H groups in total. The lowest BCUT2D eigenvalue weighted by molar-refractivity contribution is 0.0955. The standard InChI is InChI=1S/C24H21N3O2S/c25-14-15-29-23-12-8-19(9-13-23)16-26-27-24(28)22-10-6-21(7-11-22)18-30-17-20-4-2-1-3-5-20/h1-13,16H,15,17-18H2,(H,27,28)/b26-16-. The Morgan fingerprint density at radius 1 is 0.967 bits per heavy atom. The molecule has 0 atom stereocenters. The maximum absolute atomic E-state index is 12.2. The third-order valence-corrected chi connectivity index (χ3v) is 5.23. The molecule has 0 aliphatic carbocycles. The number of hydrogen-bond donors (Lipinski definition) is 1. The Balaban J connectivity index is 1.45. The molecule has 3 aromatic carbocycles. The molecule has 0 heterocycles. The molecule has 0 unspecified atom stereocenters.